The second kappa shape index (κ2) is 6.45. The van der Waals surface area contributed by atoms with Gasteiger partial charge in [-0.2, -0.15) is 0 Å². The fourth-order valence-electron chi connectivity index (χ4n) is 1.91. The number of guanidine groups is 1. The van der Waals surface area contributed by atoms with E-state index in [1.165, 1.54) is 6.42 Å². The third-order valence-electron chi connectivity index (χ3n) is 3.29. The smallest absolute Gasteiger partial charge is 0.191 e. The molecule has 0 radical (unpaired) electrons. The molecule has 2 N–H and O–H groups in total. The van der Waals surface area contributed by atoms with E-state index >= 15 is 0 Å². The highest BCUT2D eigenvalue weighted by atomic mass is 16.5. The number of hydrogen-bond acceptors (Lipinski definition) is 2. The number of aliphatic imine (C=N–C) groups is 1. The van der Waals surface area contributed by atoms with Crippen molar-refractivity contribution in [1.29, 1.82) is 0 Å². The van der Waals surface area contributed by atoms with E-state index in [1.807, 2.05) is 37.3 Å². The van der Waals surface area contributed by atoms with E-state index in [9.17, 15) is 0 Å². The third kappa shape index (κ3) is 4.47. The monoisotopic (exact) mass is 261 g/mol. The molecule has 0 amide bonds. The van der Waals surface area contributed by atoms with Crippen molar-refractivity contribution in [2.75, 3.05) is 13.6 Å². The lowest BCUT2D eigenvalue weighted by Gasteiger charge is -2.17. The number of benzene rings is 1. The summed E-state index contributed by atoms with van der Waals surface area (Å²) in [5, 5.41) is 6.69. The summed E-state index contributed by atoms with van der Waals surface area (Å²) in [6, 6.07) is 10.5. The Morgan fingerprint density at radius 3 is 2.68 bits per heavy atom. The topological polar surface area (TPSA) is 45.7 Å². The van der Waals surface area contributed by atoms with Crippen LogP contribution in [-0.4, -0.2) is 31.7 Å². The molecule has 4 nitrogen and oxygen atoms in total. The number of nitrogens with zero attached hydrogens (tertiary/aromatic N) is 1. The Bertz CT molecular complexity index is 419. The highest BCUT2D eigenvalue weighted by Gasteiger charge is 2.33. The maximum atomic E-state index is 5.81. The number of ether oxygens (including phenoxy) is 1. The summed E-state index contributed by atoms with van der Waals surface area (Å²) >= 11 is 0. The van der Waals surface area contributed by atoms with Crippen LogP contribution in [0.1, 0.15) is 20.3 Å². The summed E-state index contributed by atoms with van der Waals surface area (Å²) in [7, 11) is 1.80. The molecule has 1 saturated carbocycles. The normalized spacial score (nSPS) is 23.6. The van der Waals surface area contributed by atoms with Gasteiger partial charge < -0.3 is 15.4 Å². The molecule has 0 aliphatic heterocycles. The second-order valence-electron chi connectivity index (χ2n) is 5.16. The fraction of sp³-hybridized carbons (Fsp3) is 0.533. The van der Waals surface area contributed by atoms with Crippen molar-refractivity contribution in [1.82, 2.24) is 10.6 Å². The van der Waals surface area contributed by atoms with Crippen LogP contribution < -0.4 is 15.4 Å². The van der Waals surface area contributed by atoms with Crippen molar-refractivity contribution in [3.63, 3.8) is 0 Å². The molecule has 0 bridgehead atoms. The summed E-state index contributed by atoms with van der Waals surface area (Å²) in [4.78, 5) is 4.22. The van der Waals surface area contributed by atoms with E-state index in [4.69, 9.17) is 4.74 Å². The van der Waals surface area contributed by atoms with Crippen molar-refractivity contribution in [3.8, 4) is 5.75 Å². The zero-order valence-corrected chi connectivity index (χ0v) is 11.9. The molecular weight excluding hydrogens is 238 g/mol. The zero-order chi connectivity index (χ0) is 13.7. The van der Waals surface area contributed by atoms with Gasteiger partial charge in [-0.3, -0.25) is 4.99 Å². The van der Waals surface area contributed by atoms with Gasteiger partial charge in [0.2, 0.25) is 0 Å². The first kappa shape index (κ1) is 13.7. The van der Waals surface area contributed by atoms with E-state index in [2.05, 4.69) is 22.5 Å². The Balaban J connectivity index is 1.71. The van der Waals surface area contributed by atoms with Crippen molar-refractivity contribution in [2.45, 2.75) is 32.4 Å². The van der Waals surface area contributed by atoms with Crippen LogP contribution in [0.15, 0.2) is 35.3 Å². The molecule has 1 aromatic rings. The Labute approximate surface area is 115 Å². The highest BCUT2D eigenvalue weighted by molar-refractivity contribution is 5.80. The standard InChI is InChI=1S/C15H23N3O/c1-11-9-14(11)18-15(16-3)17-10-12(2)19-13-7-5-4-6-8-13/h4-8,11-12,14H,9-10H2,1-3H3,(H2,16,17,18). The predicted molar refractivity (Wildman–Crippen MR) is 78.6 cm³/mol. The van der Waals surface area contributed by atoms with Gasteiger partial charge in [-0.25, -0.2) is 0 Å². The van der Waals surface area contributed by atoms with Crippen LogP contribution in [0.5, 0.6) is 5.75 Å². The van der Waals surface area contributed by atoms with Gasteiger partial charge >= 0.3 is 0 Å². The van der Waals surface area contributed by atoms with Gasteiger partial charge in [0.15, 0.2) is 5.96 Å². The van der Waals surface area contributed by atoms with Crippen LogP contribution in [0.3, 0.4) is 0 Å². The maximum Gasteiger partial charge on any atom is 0.191 e. The predicted octanol–water partition coefficient (Wildman–Crippen LogP) is 2.03. The molecule has 1 aliphatic carbocycles. The van der Waals surface area contributed by atoms with E-state index in [0.29, 0.717) is 6.04 Å². The first-order valence-corrected chi connectivity index (χ1v) is 6.88. The van der Waals surface area contributed by atoms with Gasteiger partial charge in [-0.05, 0) is 31.4 Å². The molecular formula is C15H23N3O. The van der Waals surface area contributed by atoms with Crippen molar-refractivity contribution in [3.05, 3.63) is 30.3 Å². The first-order valence-electron chi connectivity index (χ1n) is 6.88. The Morgan fingerprint density at radius 1 is 1.42 bits per heavy atom. The Hall–Kier alpha value is -1.71. The van der Waals surface area contributed by atoms with Crippen LogP contribution in [0.2, 0.25) is 0 Å². The van der Waals surface area contributed by atoms with E-state index in [0.717, 1.165) is 24.2 Å². The molecule has 1 aliphatic rings. The molecule has 2 rings (SSSR count). The quantitative estimate of drug-likeness (QED) is 0.630. The fourth-order valence-corrected chi connectivity index (χ4v) is 1.91. The molecule has 3 unspecified atom stereocenters. The summed E-state index contributed by atoms with van der Waals surface area (Å²) in [5.41, 5.74) is 0. The van der Waals surface area contributed by atoms with Crippen LogP contribution in [0.25, 0.3) is 0 Å². The first-order chi connectivity index (χ1) is 9.19. The molecule has 1 aromatic carbocycles. The lowest BCUT2D eigenvalue weighted by atomic mass is 10.3. The minimum Gasteiger partial charge on any atom is -0.489 e. The van der Waals surface area contributed by atoms with Crippen LogP contribution in [0, 0.1) is 5.92 Å². The molecule has 0 spiro atoms. The van der Waals surface area contributed by atoms with Crippen LogP contribution >= 0.6 is 0 Å². The maximum absolute atomic E-state index is 5.81. The van der Waals surface area contributed by atoms with Crippen molar-refractivity contribution in [2.24, 2.45) is 10.9 Å². The summed E-state index contributed by atoms with van der Waals surface area (Å²) in [6.45, 7) is 5.02. The minimum atomic E-state index is 0.0950. The molecule has 0 heterocycles. The molecule has 0 saturated heterocycles. The van der Waals surface area contributed by atoms with Crippen molar-refractivity contribution < 1.29 is 4.74 Å². The minimum absolute atomic E-state index is 0.0950. The second-order valence-corrected chi connectivity index (χ2v) is 5.16. The van der Waals surface area contributed by atoms with Gasteiger partial charge in [-0.15, -0.1) is 0 Å². The van der Waals surface area contributed by atoms with E-state index < -0.39 is 0 Å². The van der Waals surface area contributed by atoms with Gasteiger partial charge in [-0.1, -0.05) is 25.1 Å². The molecule has 104 valence electrons. The average Bonchev–Trinajstić information content (AvgIpc) is 3.11. The number of rotatable bonds is 5. The molecule has 4 heteroatoms. The number of para-hydroxylation sites is 1. The SMILES string of the molecule is CN=C(NCC(C)Oc1ccccc1)NC1CC1C. The zero-order valence-electron chi connectivity index (χ0n) is 11.9. The van der Waals surface area contributed by atoms with Gasteiger partial charge in [0.25, 0.3) is 0 Å². The summed E-state index contributed by atoms with van der Waals surface area (Å²) < 4.78 is 5.81. The summed E-state index contributed by atoms with van der Waals surface area (Å²) in [5.74, 6) is 2.52. The van der Waals surface area contributed by atoms with Gasteiger partial charge in [0.05, 0.1) is 6.54 Å². The lowest BCUT2D eigenvalue weighted by Crippen LogP contribution is -2.43. The Morgan fingerprint density at radius 2 is 2.11 bits per heavy atom. The van der Waals surface area contributed by atoms with Crippen LogP contribution in [-0.2, 0) is 0 Å². The highest BCUT2D eigenvalue weighted by Crippen LogP contribution is 2.28. The molecule has 19 heavy (non-hydrogen) atoms. The Kier molecular flexibility index (Phi) is 4.66. The summed E-state index contributed by atoms with van der Waals surface area (Å²) in [6.07, 6.45) is 1.33. The largest absolute Gasteiger partial charge is 0.489 e. The number of hydrogen-bond donors (Lipinski definition) is 2. The van der Waals surface area contributed by atoms with Crippen LogP contribution in [0.4, 0.5) is 0 Å². The van der Waals surface area contributed by atoms with Gasteiger partial charge in [0, 0.05) is 13.1 Å². The molecule has 3 atom stereocenters. The van der Waals surface area contributed by atoms with Crippen molar-refractivity contribution >= 4 is 5.96 Å². The average molecular weight is 261 g/mol. The lowest BCUT2D eigenvalue weighted by molar-refractivity contribution is 0.224. The van der Waals surface area contributed by atoms with E-state index in [-0.39, 0.29) is 6.10 Å². The third-order valence-corrected chi connectivity index (χ3v) is 3.29. The molecule has 1 fully saturated rings. The van der Waals surface area contributed by atoms with Gasteiger partial charge in [0.1, 0.15) is 11.9 Å². The molecule has 0 aromatic heterocycles. The number of nitrogens with one attached hydrogen (secondary N) is 2. The van der Waals surface area contributed by atoms with E-state index in [1.54, 1.807) is 7.05 Å².